The molecule has 2 aromatic heterocycles. The Hall–Kier alpha value is -3.58. The highest BCUT2D eigenvalue weighted by Gasteiger charge is 2.21. The van der Waals surface area contributed by atoms with Gasteiger partial charge in [-0.2, -0.15) is 0 Å². The van der Waals surface area contributed by atoms with Crippen LogP contribution in [0.1, 0.15) is 37.4 Å². The van der Waals surface area contributed by atoms with E-state index in [-0.39, 0.29) is 18.4 Å². The van der Waals surface area contributed by atoms with Crippen LogP contribution in [0.2, 0.25) is 0 Å². The fourth-order valence-electron chi connectivity index (χ4n) is 4.28. The number of urea groups is 1. The van der Waals surface area contributed by atoms with Gasteiger partial charge in [0.15, 0.2) is 0 Å². The number of carbonyl (C=O) groups is 2. The van der Waals surface area contributed by atoms with Crippen LogP contribution in [0.5, 0.6) is 0 Å². The second-order valence-corrected chi connectivity index (χ2v) is 8.81. The van der Waals surface area contributed by atoms with Crippen LogP contribution < -0.4 is 10.6 Å². The quantitative estimate of drug-likeness (QED) is 0.297. The summed E-state index contributed by atoms with van der Waals surface area (Å²) < 4.78 is 7.41. The fourth-order valence-corrected chi connectivity index (χ4v) is 5.09. The van der Waals surface area contributed by atoms with E-state index in [0.29, 0.717) is 13.2 Å². The molecule has 176 valence electrons. The van der Waals surface area contributed by atoms with E-state index in [1.54, 1.807) is 18.3 Å². The summed E-state index contributed by atoms with van der Waals surface area (Å²) >= 11 is 1.69. The van der Waals surface area contributed by atoms with Gasteiger partial charge in [-0.15, -0.1) is 11.3 Å². The number of amides is 2. The van der Waals surface area contributed by atoms with Crippen LogP contribution in [0.15, 0.2) is 72.1 Å². The number of esters is 1. The van der Waals surface area contributed by atoms with E-state index in [9.17, 15) is 9.59 Å². The van der Waals surface area contributed by atoms with Gasteiger partial charge >= 0.3 is 12.0 Å². The monoisotopic (exact) mass is 475 g/mol. The SMILES string of the molecule is CCOC(=O)C[C@@H](NC(=O)NCc1c(-c2cccs2)n(CC)c2ccccc12)c1ccccc1. The number of benzene rings is 2. The Morgan fingerprint density at radius 3 is 2.47 bits per heavy atom. The predicted molar refractivity (Wildman–Crippen MR) is 137 cm³/mol. The number of rotatable bonds is 9. The van der Waals surface area contributed by atoms with E-state index in [0.717, 1.165) is 34.3 Å². The topological polar surface area (TPSA) is 72.4 Å². The summed E-state index contributed by atoms with van der Waals surface area (Å²) in [5.41, 5.74) is 4.21. The molecule has 4 rings (SSSR count). The molecule has 7 heteroatoms. The maximum Gasteiger partial charge on any atom is 0.315 e. The molecule has 0 saturated carbocycles. The van der Waals surface area contributed by atoms with Crippen molar-refractivity contribution in [1.29, 1.82) is 0 Å². The minimum Gasteiger partial charge on any atom is -0.466 e. The third-order valence-electron chi connectivity index (χ3n) is 5.76. The molecular formula is C27H29N3O3S. The number of aromatic nitrogens is 1. The minimum atomic E-state index is -0.478. The van der Waals surface area contributed by atoms with E-state index in [4.69, 9.17) is 4.74 Å². The van der Waals surface area contributed by atoms with Gasteiger partial charge in [-0.05, 0) is 36.9 Å². The van der Waals surface area contributed by atoms with Crippen molar-refractivity contribution >= 4 is 34.2 Å². The Balaban J connectivity index is 1.57. The zero-order valence-corrected chi connectivity index (χ0v) is 20.2. The van der Waals surface area contributed by atoms with Crippen molar-refractivity contribution in [2.45, 2.75) is 39.4 Å². The molecule has 0 unspecified atom stereocenters. The van der Waals surface area contributed by atoms with E-state index in [1.807, 2.05) is 48.5 Å². The molecular weight excluding hydrogens is 446 g/mol. The van der Waals surface area contributed by atoms with Crippen LogP contribution in [-0.2, 0) is 22.6 Å². The predicted octanol–water partition coefficient (Wildman–Crippen LogP) is 5.88. The zero-order chi connectivity index (χ0) is 23.9. The summed E-state index contributed by atoms with van der Waals surface area (Å²) in [6, 6.07) is 21.1. The average molecular weight is 476 g/mol. The molecule has 0 saturated heterocycles. The maximum atomic E-state index is 13.0. The Labute approximate surface area is 203 Å². The molecule has 1 atom stereocenters. The van der Waals surface area contributed by atoms with E-state index < -0.39 is 6.04 Å². The Kier molecular flexibility index (Phi) is 7.65. The molecule has 34 heavy (non-hydrogen) atoms. The number of carbonyl (C=O) groups excluding carboxylic acids is 2. The zero-order valence-electron chi connectivity index (χ0n) is 19.4. The van der Waals surface area contributed by atoms with Gasteiger partial charge in [-0.3, -0.25) is 4.79 Å². The highest BCUT2D eigenvalue weighted by Crippen LogP contribution is 2.36. The number of fused-ring (bicyclic) bond motifs is 1. The first-order valence-corrected chi connectivity index (χ1v) is 12.4. The summed E-state index contributed by atoms with van der Waals surface area (Å²) in [5.74, 6) is -0.345. The Morgan fingerprint density at radius 2 is 1.76 bits per heavy atom. The van der Waals surface area contributed by atoms with E-state index in [1.165, 1.54) is 4.88 Å². The van der Waals surface area contributed by atoms with Gasteiger partial charge in [0.2, 0.25) is 0 Å². The molecule has 0 aliphatic carbocycles. The highest BCUT2D eigenvalue weighted by atomic mass is 32.1. The molecule has 0 bridgehead atoms. The molecule has 2 N–H and O–H groups in total. The number of para-hydroxylation sites is 1. The lowest BCUT2D eigenvalue weighted by molar-refractivity contribution is -0.143. The molecule has 0 radical (unpaired) electrons. The van der Waals surface area contributed by atoms with E-state index in [2.05, 4.69) is 45.7 Å². The summed E-state index contributed by atoms with van der Waals surface area (Å²) in [5, 5.41) is 9.18. The van der Waals surface area contributed by atoms with Gasteiger partial charge < -0.3 is 19.9 Å². The third kappa shape index (κ3) is 5.15. The normalized spacial score (nSPS) is 11.8. The highest BCUT2D eigenvalue weighted by molar-refractivity contribution is 7.13. The van der Waals surface area contributed by atoms with Crippen molar-refractivity contribution in [3.05, 3.63) is 83.2 Å². The van der Waals surface area contributed by atoms with Crippen molar-refractivity contribution in [3.8, 4) is 10.6 Å². The van der Waals surface area contributed by atoms with E-state index >= 15 is 0 Å². The number of nitrogens with one attached hydrogen (secondary N) is 2. The second kappa shape index (κ2) is 11.0. The summed E-state index contributed by atoms with van der Waals surface area (Å²) in [6.07, 6.45) is 0.0703. The minimum absolute atomic E-state index is 0.0703. The van der Waals surface area contributed by atoms with Crippen molar-refractivity contribution < 1.29 is 14.3 Å². The summed E-state index contributed by atoms with van der Waals surface area (Å²) in [4.78, 5) is 26.3. The number of ether oxygens (including phenoxy) is 1. The number of hydrogen-bond donors (Lipinski definition) is 2. The number of nitrogens with zero attached hydrogens (tertiary/aromatic N) is 1. The maximum absolute atomic E-state index is 13.0. The first-order chi connectivity index (χ1) is 16.6. The number of hydrogen-bond acceptors (Lipinski definition) is 4. The lowest BCUT2D eigenvalue weighted by Gasteiger charge is -2.19. The van der Waals surface area contributed by atoms with Gasteiger partial charge in [0, 0.05) is 29.6 Å². The summed E-state index contributed by atoms with van der Waals surface area (Å²) in [6.45, 7) is 5.41. The molecule has 0 aliphatic rings. The first kappa shape index (κ1) is 23.6. The molecule has 0 spiro atoms. The fraction of sp³-hybridized carbons (Fsp3) is 0.259. The van der Waals surface area contributed by atoms with Crippen LogP contribution in [0.4, 0.5) is 4.79 Å². The van der Waals surface area contributed by atoms with Gasteiger partial charge in [-0.25, -0.2) is 4.79 Å². The molecule has 2 amide bonds. The molecule has 4 aromatic rings. The Bertz CT molecular complexity index is 1250. The van der Waals surface area contributed by atoms with Crippen LogP contribution >= 0.6 is 11.3 Å². The van der Waals surface area contributed by atoms with Crippen molar-refractivity contribution in [3.63, 3.8) is 0 Å². The number of thiophene rings is 1. The molecule has 0 fully saturated rings. The number of aryl methyl sites for hydroxylation is 1. The lowest BCUT2D eigenvalue weighted by Crippen LogP contribution is -2.38. The lowest BCUT2D eigenvalue weighted by atomic mass is 10.0. The van der Waals surface area contributed by atoms with Crippen LogP contribution in [0.25, 0.3) is 21.5 Å². The average Bonchev–Trinajstić information content (AvgIpc) is 3.49. The van der Waals surface area contributed by atoms with Gasteiger partial charge in [0.25, 0.3) is 0 Å². The summed E-state index contributed by atoms with van der Waals surface area (Å²) in [7, 11) is 0. The van der Waals surface area contributed by atoms with Gasteiger partial charge in [-0.1, -0.05) is 54.6 Å². The van der Waals surface area contributed by atoms with Crippen molar-refractivity contribution in [2.24, 2.45) is 0 Å². The van der Waals surface area contributed by atoms with Gasteiger partial charge in [0.1, 0.15) is 0 Å². The molecule has 2 aromatic carbocycles. The first-order valence-electron chi connectivity index (χ1n) is 11.5. The van der Waals surface area contributed by atoms with Crippen LogP contribution in [0, 0.1) is 0 Å². The van der Waals surface area contributed by atoms with Crippen molar-refractivity contribution in [2.75, 3.05) is 6.61 Å². The van der Waals surface area contributed by atoms with Crippen LogP contribution in [0.3, 0.4) is 0 Å². The standard InChI is InChI=1S/C27H29N3O3S/c1-3-30-23-14-9-8-13-20(23)21(26(30)24-15-10-16-34-24)18-28-27(32)29-22(17-25(31)33-4-2)19-11-6-5-7-12-19/h5-16,22H,3-4,17-18H2,1-2H3,(H2,28,29,32)/t22-/m1/s1. The third-order valence-corrected chi connectivity index (χ3v) is 6.63. The van der Waals surface area contributed by atoms with Crippen LogP contribution in [-0.4, -0.2) is 23.2 Å². The molecule has 0 aliphatic heterocycles. The molecule has 2 heterocycles. The van der Waals surface area contributed by atoms with Crippen molar-refractivity contribution in [1.82, 2.24) is 15.2 Å². The largest absolute Gasteiger partial charge is 0.466 e. The second-order valence-electron chi connectivity index (χ2n) is 7.87. The molecule has 6 nitrogen and oxygen atoms in total. The smallest absolute Gasteiger partial charge is 0.315 e. The van der Waals surface area contributed by atoms with Gasteiger partial charge in [0.05, 0.1) is 29.6 Å². The Morgan fingerprint density at radius 1 is 1.00 bits per heavy atom.